The van der Waals surface area contributed by atoms with Crippen molar-refractivity contribution < 1.29 is 41.3 Å². The van der Waals surface area contributed by atoms with Crippen LogP contribution in [0.2, 0.25) is 0 Å². The number of methoxy groups -OCH3 is 2. The molecule has 1 saturated heterocycles. The zero-order valence-electron chi connectivity index (χ0n) is 18.7. The number of carbonyl (C=O) groups is 2. The minimum atomic E-state index is -4.16. The van der Waals surface area contributed by atoms with Crippen LogP contribution in [0.5, 0.6) is 11.5 Å². The van der Waals surface area contributed by atoms with Crippen LogP contribution >= 0.6 is 0 Å². The second-order valence-corrected chi connectivity index (χ2v) is 9.11. The summed E-state index contributed by atoms with van der Waals surface area (Å²) in [6.45, 7) is 0.0969. The second-order valence-electron chi connectivity index (χ2n) is 7.20. The van der Waals surface area contributed by atoms with Gasteiger partial charge in [-0.2, -0.15) is 4.31 Å². The summed E-state index contributed by atoms with van der Waals surface area (Å²) in [4.78, 5) is 23.8. The van der Waals surface area contributed by atoms with Gasteiger partial charge in [0, 0.05) is 19.6 Å². The number of amides is 1. The van der Waals surface area contributed by atoms with E-state index in [9.17, 15) is 22.4 Å². The average molecular weight is 497 g/mol. The van der Waals surface area contributed by atoms with Crippen LogP contribution in [0, 0.1) is 5.82 Å². The summed E-state index contributed by atoms with van der Waals surface area (Å²) in [7, 11) is -1.16. The summed E-state index contributed by atoms with van der Waals surface area (Å²) >= 11 is 0. The Bertz CT molecular complexity index is 1150. The number of rotatable bonds is 9. The van der Waals surface area contributed by atoms with Crippen molar-refractivity contribution in [1.82, 2.24) is 9.62 Å². The lowest BCUT2D eigenvalue weighted by Crippen LogP contribution is -2.41. The fraction of sp³-hybridized carbons (Fsp3) is 0.364. The Labute approximate surface area is 196 Å². The van der Waals surface area contributed by atoms with E-state index < -0.39 is 39.2 Å². The molecule has 0 unspecified atom stereocenters. The maximum Gasteiger partial charge on any atom is 0.338 e. The molecule has 10 nitrogen and oxygen atoms in total. The zero-order chi connectivity index (χ0) is 24.7. The van der Waals surface area contributed by atoms with Gasteiger partial charge in [-0.3, -0.25) is 4.79 Å². The first kappa shape index (κ1) is 25.4. The fourth-order valence-corrected chi connectivity index (χ4v) is 4.71. The minimum Gasteiger partial charge on any atom is -0.493 e. The Morgan fingerprint density at radius 1 is 1.06 bits per heavy atom. The number of hydrogen-bond donors (Lipinski definition) is 1. The van der Waals surface area contributed by atoms with Crippen molar-refractivity contribution in [2.45, 2.75) is 11.4 Å². The quantitative estimate of drug-likeness (QED) is 0.517. The van der Waals surface area contributed by atoms with Crippen LogP contribution < -0.4 is 14.8 Å². The molecule has 2 aromatic rings. The van der Waals surface area contributed by atoms with Gasteiger partial charge < -0.3 is 24.3 Å². The molecule has 184 valence electrons. The topological polar surface area (TPSA) is 120 Å². The lowest BCUT2D eigenvalue weighted by Gasteiger charge is -2.26. The molecule has 1 amide bonds. The molecule has 0 atom stereocenters. The van der Waals surface area contributed by atoms with Crippen molar-refractivity contribution in [3.8, 4) is 11.5 Å². The highest BCUT2D eigenvalue weighted by Crippen LogP contribution is 2.27. The average Bonchev–Trinajstić information content (AvgIpc) is 2.86. The molecule has 1 N–H and O–H groups in total. The predicted molar refractivity (Wildman–Crippen MR) is 118 cm³/mol. The van der Waals surface area contributed by atoms with E-state index in [0.717, 1.165) is 28.1 Å². The zero-order valence-corrected chi connectivity index (χ0v) is 19.5. The first-order valence-electron chi connectivity index (χ1n) is 10.3. The molecule has 12 heteroatoms. The molecule has 0 spiro atoms. The van der Waals surface area contributed by atoms with E-state index >= 15 is 0 Å². The summed E-state index contributed by atoms with van der Waals surface area (Å²) < 4.78 is 61.3. The Morgan fingerprint density at radius 3 is 2.44 bits per heavy atom. The van der Waals surface area contributed by atoms with Gasteiger partial charge in [-0.25, -0.2) is 17.6 Å². The van der Waals surface area contributed by atoms with Gasteiger partial charge in [-0.15, -0.1) is 0 Å². The highest BCUT2D eigenvalue weighted by molar-refractivity contribution is 7.89. The van der Waals surface area contributed by atoms with Crippen molar-refractivity contribution in [3.63, 3.8) is 0 Å². The van der Waals surface area contributed by atoms with Crippen molar-refractivity contribution in [3.05, 3.63) is 53.3 Å². The third kappa shape index (κ3) is 6.01. The molecule has 1 aliphatic heterocycles. The van der Waals surface area contributed by atoms with Crippen molar-refractivity contribution in [2.24, 2.45) is 0 Å². The number of nitrogens with one attached hydrogen (secondary N) is 1. The SMILES string of the molecule is COc1ccc(CNC(=O)COC(=O)c2ccc(F)c(S(=O)(=O)N3CCOCC3)c2)cc1OC. The van der Waals surface area contributed by atoms with E-state index in [0.29, 0.717) is 11.5 Å². The van der Waals surface area contributed by atoms with Gasteiger partial charge in [0.15, 0.2) is 18.1 Å². The van der Waals surface area contributed by atoms with Crippen LogP contribution in [0.25, 0.3) is 0 Å². The van der Waals surface area contributed by atoms with E-state index in [1.807, 2.05) is 0 Å². The number of sulfonamides is 1. The molecular weight excluding hydrogens is 471 g/mol. The molecule has 0 saturated carbocycles. The van der Waals surface area contributed by atoms with Gasteiger partial charge in [0.05, 0.1) is 33.0 Å². The number of ether oxygens (including phenoxy) is 4. The number of hydrogen-bond acceptors (Lipinski definition) is 8. The number of carbonyl (C=O) groups excluding carboxylic acids is 2. The maximum absolute atomic E-state index is 14.3. The normalized spacial score (nSPS) is 14.3. The summed E-state index contributed by atoms with van der Waals surface area (Å²) in [5.74, 6) is -1.48. The van der Waals surface area contributed by atoms with Gasteiger partial charge in [0.25, 0.3) is 5.91 Å². The Balaban J connectivity index is 1.59. The molecule has 0 bridgehead atoms. The molecule has 1 heterocycles. The van der Waals surface area contributed by atoms with Gasteiger partial charge in [-0.05, 0) is 35.9 Å². The minimum absolute atomic E-state index is 0.0800. The number of esters is 1. The Morgan fingerprint density at radius 2 is 1.76 bits per heavy atom. The summed E-state index contributed by atoms with van der Waals surface area (Å²) in [5.41, 5.74) is 0.537. The molecule has 1 aliphatic rings. The Hall–Kier alpha value is -3.22. The highest BCUT2D eigenvalue weighted by Gasteiger charge is 2.30. The number of halogens is 1. The van der Waals surface area contributed by atoms with Crippen LogP contribution in [0.3, 0.4) is 0 Å². The molecule has 1 fully saturated rings. The van der Waals surface area contributed by atoms with Crippen LogP contribution in [-0.4, -0.2) is 71.7 Å². The lowest BCUT2D eigenvalue weighted by molar-refractivity contribution is -0.124. The van der Waals surface area contributed by atoms with E-state index in [-0.39, 0.29) is 38.4 Å². The smallest absolute Gasteiger partial charge is 0.338 e. The summed E-state index contributed by atoms with van der Waals surface area (Å²) in [6.07, 6.45) is 0. The molecule has 0 radical (unpaired) electrons. The number of morpholine rings is 1. The van der Waals surface area contributed by atoms with E-state index in [1.165, 1.54) is 14.2 Å². The Kier molecular flexibility index (Phi) is 8.42. The van der Waals surface area contributed by atoms with Crippen molar-refractivity contribution >= 4 is 21.9 Å². The second kappa shape index (κ2) is 11.3. The maximum atomic E-state index is 14.3. The molecule has 2 aromatic carbocycles. The van der Waals surface area contributed by atoms with Crippen molar-refractivity contribution in [1.29, 1.82) is 0 Å². The van der Waals surface area contributed by atoms with Crippen LogP contribution in [0.4, 0.5) is 4.39 Å². The first-order valence-corrected chi connectivity index (χ1v) is 11.7. The summed E-state index contributed by atoms with van der Waals surface area (Å²) in [6, 6.07) is 8.00. The van der Waals surface area contributed by atoms with Crippen LogP contribution in [-0.2, 0) is 30.8 Å². The van der Waals surface area contributed by atoms with E-state index in [2.05, 4.69) is 5.32 Å². The van der Waals surface area contributed by atoms with Crippen LogP contribution in [0.15, 0.2) is 41.3 Å². The first-order chi connectivity index (χ1) is 16.3. The largest absolute Gasteiger partial charge is 0.493 e. The molecular formula is C22H25FN2O8S. The van der Waals surface area contributed by atoms with Crippen LogP contribution in [0.1, 0.15) is 15.9 Å². The predicted octanol–water partition coefficient (Wildman–Crippen LogP) is 1.34. The third-order valence-electron chi connectivity index (χ3n) is 5.03. The number of nitrogens with zero attached hydrogens (tertiary/aromatic N) is 1. The van der Waals surface area contributed by atoms with Gasteiger partial charge in [0.1, 0.15) is 10.7 Å². The fourth-order valence-electron chi connectivity index (χ4n) is 3.21. The molecule has 3 rings (SSSR count). The third-order valence-corrected chi connectivity index (χ3v) is 6.94. The van der Waals surface area contributed by atoms with Gasteiger partial charge in [0.2, 0.25) is 10.0 Å². The van der Waals surface area contributed by atoms with Gasteiger partial charge in [-0.1, -0.05) is 6.07 Å². The van der Waals surface area contributed by atoms with Crippen molar-refractivity contribution in [2.75, 3.05) is 47.1 Å². The summed E-state index contributed by atoms with van der Waals surface area (Å²) in [5, 5.41) is 2.60. The number of benzene rings is 2. The standard InChI is InChI=1S/C22H25FN2O8S/c1-30-18-6-3-15(11-19(18)31-2)13-24-21(26)14-33-22(27)16-4-5-17(23)20(12-16)34(28,29)25-7-9-32-10-8-25/h3-6,11-12H,7-10,13-14H2,1-2H3,(H,24,26). The highest BCUT2D eigenvalue weighted by atomic mass is 32.2. The molecule has 0 aliphatic carbocycles. The van der Waals surface area contributed by atoms with E-state index in [1.54, 1.807) is 18.2 Å². The van der Waals surface area contributed by atoms with Gasteiger partial charge >= 0.3 is 5.97 Å². The molecule has 34 heavy (non-hydrogen) atoms. The van der Waals surface area contributed by atoms with E-state index in [4.69, 9.17) is 18.9 Å². The monoisotopic (exact) mass is 496 g/mol. The molecule has 0 aromatic heterocycles. The lowest BCUT2D eigenvalue weighted by atomic mass is 10.2.